The standard InChI is InChI=1S/C15H25NO4/c1-14(2)5-3-4-11(10-14)12(17)16-15(13(18)19)6-8-20-9-7-15/h11H,3-10H2,1-2H3,(H,16,17)(H,18,19). The first kappa shape index (κ1) is 15.3. The summed E-state index contributed by atoms with van der Waals surface area (Å²) in [7, 11) is 0. The predicted octanol–water partition coefficient (Wildman–Crippen LogP) is 1.95. The van der Waals surface area contributed by atoms with Crippen molar-refractivity contribution in [2.75, 3.05) is 13.2 Å². The lowest BCUT2D eigenvalue weighted by Gasteiger charge is -2.38. The number of rotatable bonds is 3. The first-order valence-electron chi connectivity index (χ1n) is 7.48. The highest BCUT2D eigenvalue weighted by Crippen LogP contribution is 2.39. The Balaban J connectivity index is 2.03. The number of hydrogen-bond donors (Lipinski definition) is 2. The molecule has 1 unspecified atom stereocenters. The second-order valence-corrected chi connectivity index (χ2v) is 6.95. The van der Waals surface area contributed by atoms with Gasteiger partial charge < -0.3 is 15.2 Å². The van der Waals surface area contributed by atoms with E-state index in [-0.39, 0.29) is 17.2 Å². The highest BCUT2D eigenvalue weighted by molar-refractivity contribution is 5.88. The number of carbonyl (C=O) groups excluding carboxylic acids is 1. The molecule has 1 saturated heterocycles. The third kappa shape index (κ3) is 3.32. The zero-order valence-electron chi connectivity index (χ0n) is 12.4. The Morgan fingerprint density at radius 1 is 1.20 bits per heavy atom. The van der Waals surface area contributed by atoms with Crippen LogP contribution in [0, 0.1) is 11.3 Å². The zero-order chi connectivity index (χ0) is 14.8. The highest BCUT2D eigenvalue weighted by atomic mass is 16.5. The average molecular weight is 283 g/mol. The van der Waals surface area contributed by atoms with Gasteiger partial charge in [0.1, 0.15) is 5.54 Å². The van der Waals surface area contributed by atoms with Crippen LogP contribution >= 0.6 is 0 Å². The number of carboxylic acid groups (broad SMARTS) is 1. The van der Waals surface area contributed by atoms with E-state index in [0.29, 0.717) is 26.1 Å². The SMILES string of the molecule is CC1(C)CCCC(C(=O)NC2(C(=O)O)CCOCC2)C1. The van der Waals surface area contributed by atoms with Crippen molar-refractivity contribution in [1.82, 2.24) is 5.32 Å². The topological polar surface area (TPSA) is 75.6 Å². The molecule has 0 aromatic rings. The third-order valence-corrected chi connectivity index (χ3v) is 4.69. The van der Waals surface area contributed by atoms with Gasteiger partial charge >= 0.3 is 5.97 Å². The van der Waals surface area contributed by atoms with Crippen LogP contribution in [0.1, 0.15) is 52.4 Å². The van der Waals surface area contributed by atoms with Gasteiger partial charge in [-0.25, -0.2) is 4.79 Å². The average Bonchev–Trinajstić information content (AvgIpc) is 2.38. The second kappa shape index (κ2) is 5.72. The van der Waals surface area contributed by atoms with E-state index in [1.165, 1.54) is 0 Å². The van der Waals surface area contributed by atoms with Gasteiger partial charge in [0, 0.05) is 32.0 Å². The maximum absolute atomic E-state index is 12.4. The molecule has 1 aliphatic heterocycles. The summed E-state index contributed by atoms with van der Waals surface area (Å²) in [4.78, 5) is 24.0. The van der Waals surface area contributed by atoms with Gasteiger partial charge in [-0.2, -0.15) is 0 Å². The summed E-state index contributed by atoms with van der Waals surface area (Å²) >= 11 is 0. The lowest BCUT2D eigenvalue weighted by Crippen LogP contribution is -2.59. The van der Waals surface area contributed by atoms with Crippen molar-refractivity contribution in [2.45, 2.75) is 57.9 Å². The van der Waals surface area contributed by atoms with Crippen LogP contribution in [0.3, 0.4) is 0 Å². The van der Waals surface area contributed by atoms with Gasteiger partial charge in [-0.15, -0.1) is 0 Å². The fourth-order valence-electron chi connectivity index (χ4n) is 3.37. The molecule has 1 atom stereocenters. The van der Waals surface area contributed by atoms with Gasteiger partial charge in [0.2, 0.25) is 5.91 Å². The van der Waals surface area contributed by atoms with Crippen LogP contribution in [0.4, 0.5) is 0 Å². The Morgan fingerprint density at radius 2 is 1.85 bits per heavy atom. The van der Waals surface area contributed by atoms with Crippen LogP contribution in [-0.2, 0) is 14.3 Å². The Labute approximate surface area is 120 Å². The van der Waals surface area contributed by atoms with Crippen LogP contribution in [0.5, 0.6) is 0 Å². The minimum absolute atomic E-state index is 0.0576. The molecule has 1 amide bonds. The molecule has 2 rings (SSSR count). The van der Waals surface area contributed by atoms with E-state index < -0.39 is 11.5 Å². The second-order valence-electron chi connectivity index (χ2n) is 6.95. The summed E-state index contributed by atoms with van der Waals surface area (Å²) in [6.07, 6.45) is 4.57. The number of amides is 1. The van der Waals surface area contributed by atoms with Crippen molar-refractivity contribution in [3.05, 3.63) is 0 Å². The molecule has 5 heteroatoms. The van der Waals surface area contributed by atoms with Crippen molar-refractivity contribution in [3.63, 3.8) is 0 Å². The summed E-state index contributed by atoms with van der Waals surface area (Å²) in [5.41, 5.74) is -0.955. The summed E-state index contributed by atoms with van der Waals surface area (Å²) in [5.74, 6) is -1.09. The van der Waals surface area contributed by atoms with E-state index in [2.05, 4.69) is 19.2 Å². The van der Waals surface area contributed by atoms with E-state index in [1.807, 2.05) is 0 Å². The fraction of sp³-hybridized carbons (Fsp3) is 0.867. The number of nitrogens with one attached hydrogen (secondary N) is 1. The van der Waals surface area contributed by atoms with E-state index in [9.17, 15) is 14.7 Å². The molecule has 2 N–H and O–H groups in total. The fourth-order valence-corrected chi connectivity index (χ4v) is 3.37. The molecular weight excluding hydrogens is 258 g/mol. The molecule has 0 spiro atoms. The Kier molecular flexibility index (Phi) is 4.37. The van der Waals surface area contributed by atoms with Crippen molar-refractivity contribution in [3.8, 4) is 0 Å². The number of carbonyl (C=O) groups is 2. The minimum atomic E-state index is -1.13. The minimum Gasteiger partial charge on any atom is -0.480 e. The van der Waals surface area contributed by atoms with Crippen LogP contribution in [0.2, 0.25) is 0 Å². The monoisotopic (exact) mass is 283 g/mol. The summed E-state index contributed by atoms with van der Waals surface area (Å²) in [5, 5.41) is 12.3. The van der Waals surface area contributed by atoms with Crippen molar-refractivity contribution < 1.29 is 19.4 Å². The third-order valence-electron chi connectivity index (χ3n) is 4.69. The van der Waals surface area contributed by atoms with Gasteiger partial charge in [-0.1, -0.05) is 20.3 Å². The molecule has 2 aliphatic rings. The predicted molar refractivity (Wildman–Crippen MR) is 74.3 cm³/mol. The number of aliphatic carboxylic acids is 1. The van der Waals surface area contributed by atoms with E-state index in [0.717, 1.165) is 25.7 Å². The van der Waals surface area contributed by atoms with Crippen molar-refractivity contribution in [1.29, 1.82) is 0 Å². The summed E-state index contributed by atoms with van der Waals surface area (Å²) < 4.78 is 5.22. The van der Waals surface area contributed by atoms with Crippen LogP contribution in [0.15, 0.2) is 0 Å². The van der Waals surface area contributed by atoms with E-state index in [1.54, 1.807) is 0 Å². The number of carboxylic acids is 1. The van der Waals surface area contributed by atoms with Gasteiger partial charge in [-0.3, -0.25) is 4.79 Å². The van der Waals surface area contributed by atoms with Crippen molar-refractivity contribution >= 4 is 11.9 Å². The Morgan fingerprint density at radius 3 is 2.40 bits per heavy atom. The molecule has 1 saturated carbocycles. The number of hydrogen-bond acceptors (Lipinski definition) is 3. The molecule has 0 aromatic heterocycles. The normalized spacial score (nSPS) is 28.6. The molecule has 1 heterocycles. The maximum atomic E-state index is 12.4. The first-order valence-corrected chi connectivity index (χ1v) is 7.48. The van der Waals surface area contributed by atoms with E-state index in [4.69, 9.17) is 4.74 Å². The lowest BCUT2D eigenvalue weighted by molar-refractivity contribution is -0.153. The van der Waals surface area contributed by atoms with Crippen LogP contribution in [-0.4, -0.2) is 35.7 Å². The Bertz CT molecular complexity index is 385. The van der Waals surface area contributed by atoms with Gasteiger partial charge in [0.15, 0.2) is 0 Å². The van der Waals surface area contributed by atoms with Crippen LogP contribution < -0.4 is 5.32 Å². The molecule has 0 bridgehead atoms. The smallest absolute Gasteiger partial charge is 0.329 e. The molecule has 0 aromatic carbocycles. The molecule has 1 aliphatic carbocycles. The highest BCUT2D eigenvalue weighted by Gasteiger charge is 2.43. The largest absolute Gasteiger partial charge is 0.480 e. The maximum Gasteiger partial charge on any atom is 0.329 e. The summed E-state index contributed by atoms with van der Waals surface area (Å²) in [6.45, 7) is 5.13. The Hall–Kier alpha value is -1.10. The van der Waals surface area contributed by atoms with Gasteiger partial charge in [-0.05, 0) is 24.7 Å². The summed E-state index contributed by atoms with van der Waals surface area (Å²) in [6, 6.07) is 0. The molecule has 114 valence electrons. The molecule has 20 heavy (non-hydrogen) atoms. The quantitative estimate of drug-likeness (QED) is 0.830. The lowest BCUT2D eigenvalue weighted by atomic mass is 9.71. The molecule has 2 fully saturated rings. The zero-order valence-corrected chi connectivity index (χ0v) is 12.4. The van der Waals surface area contributed by atoms with Crippen LogP contribution in [0.25, 0.3) is 0 Å². The first-order chi connectivity index (χ1) is 9.35. The van der Waals surface area contributed by atoms with Gasteiger partial charge in [0.05, 0.1) is 0 Å². The van der Waals surface area contributed by atoms with Gasteiger partial charge in [0.25, 0.3) is 0 Å². The number of ether oxygens (including phenoxy) is 1. The molecular formula is C15H25NO4. The van der Waals surface area contributed by atoms with Crippen molar-refractivity contribution in [2.24, 2.45) is 11.3 Å². The molecule has 0 radical (unpaired) electrons. The molecule has 5 nitrogen and oxygen atoms in total. The van der Waals surface area contributed by atoms with E-state index >= 15 is 0 Å².